The second-order valence-electron chi connectivity index (χ2n) is 3.98. The quantitative estimate of drug-likeness (QED) is 0.910. The van der Waals surface area contributed by atoms with Crippen LogP contribution < -0.4 is 10.6 Å². The Kier molecular flexibility index (Phi) is 4.92. The number of carbonyl (C=O) groups excluding carboxylic acids is 1. The predicted octanol–water partition coefficient (Wildman–Crippen LogP) is 2.84. The van der Waals surface area contributed by atoms with Gasteiger partial charge in [0.25, 0.3) is 0 Å². The van der Waals surface area contributed by atoms with E-state index in [1.54, 1.807) is 12.4 Å². The summed E-state index contributed by atoms with van der Waals surface area (Å²) in [5.74, 6) is 0. The number of amides is 2. The van der Waals surface area contributed by atoms with E-state index in [4.69, 9.17) is 0 Å². The standard InChI is InChI=1S/C14H14BrN3O/c15-13-4-2-1-3-12(13)10-18-14(19)17-9-11-5-7-16-8-6-11/h1-8H,9-10H2,(H2,17,18,19). The number of pyridine rings is 1. The average molecular weight is 320 g/mol. The number of urea groups is 1. The number of hydrogen-bond donors (Lipinski definition) is 2. The first-order chi connectivity index (χ1) is 9.25. The van der Waals surface area contributed by atoms with Crippen LogP contribution in [0.1, 0.15) is 11.1 Å². The SMILES string of the molecule is O=C(NCc1ccncc1)NCc1ccccc1Br. The van der Waals surface area contributed by atoms with E-state index >= 15 is 0 Å². The summed E-state index contributed by atoms with van der Waals surface area (Å²) in [6.07, 6.45) is 3.41. The van der Waals surface area contributed by atoms with Gasteiger partial charge in [0, 0.05) is 30.0 Å². The molecule has 0 saturated heterocycles. The van der Waals surface area contributed by atoms with Crippen LogP contribution in [0, 0.1) is 0 Å². The third-order valence-electron chi connectivity index (χ3n) is 2.60. The second-order valence-corrected chi connectivity index (χ2v) is 4.84. The lowest BCUT2D eigenvalue weighted by atomic mass is 10.2. The molecular weight excluding hydrogens is 306 g/mol. The van der Waals surface area contributed by atoms with Crippen molar-refractivity contribution in [1.82, 2.24) is 15.6 Å². The monoisotopic (exact) mass is 319 g/mol. The van der Waals surface area contributed by atoms with Gasteiger partial charge < -0.3 is 10.6 Å². The molecule has 1 heterocycles. The van der Waals surface area contributed by atoms with Crippen molar-refractivity contribution in [3.63, 3.8) is 0 Å². The van der Waals surface area contributed by atoms with Gasteiger partial charge in [0.1, 0.15) is 0 Å². The van der Waals surface area contributed by atoms with Crippen molar-refractivity contribution in [2.45, 2.75) is 13.1 Å². The highest BCUT2D eigenvalue weighted by Crippen LogP contribution is 2.15. The molecule has 98 valence electrons. The summed E-state index contributed by atoms with van der Waals surface area (Å²) in [6, 6.07) is 11.3. The van der Waals surface area contributed by atoms with Crippen LogP contribution >= 0.6 is 15.9 Å². The normalized spacial score (nSPS) is 9.95. The van der Waals surface area contributed by atoms with Gasteiger partial charge in [-0.3, -0.25) is 4.98 Å². The molecular formula is C14H14BrN3O. The van der Waals surface area contributed by atoms with Gasteiger partial charge in [-0.15, -0.1) is 0 Å². The van der Waals surface area contributed by atoms with E-state index in [2.05, 4.69) is 31.5 Å². The molecule has 19 heavy (non-hydrogen) atoms. The van der Waals surface area contributed by atoms with Crippen LogP contribution in [0.4, 0.5) is 4.79 Å². The summed E-state index contributed by atoms with van der Waals surface area (Å²) < 4.78 is 0.990. The largest absolute Gasteiger partial charge is 0.334 e. The molecule has 0 bridgehead atoms. The number of aromatic nitrogens is 1. The number of nitrogens with one attached hydrogen (secondary N) is 2. The van der Waals surface area contributed by atoms with E-state index < -0.39 is 0 Å². The van der Waals surface area contributed by atoms with Gasteiger partial charge >= 0.3 is 6.03 Å². The second kappa shape index (κ2) is 6.89. The molecule has 0 aliphatic carbocycles. The molecule has 0 radical (unpaired) electrons. The molecule has 2 amide bonds. The fraction of sp³-hybridized carbons (Fsp3) is 0.143. The fourth-order valence-corrected chi connectivity index (χ4v) is 1.99. The fourth-order valence-electron chi connectivity index (χ4n) is 1.56. The molecule has 0 aliphatic rings. The number of nitrogens with zero attached hydrogens (tertiary/aromatic N) is 1. The van der Waals surface area contributed by atoms with E-state index in [0.29, 0.717) is 13.1 Å². The zero-order valence-electron chi connectivity index (χ0n) is 10.3. The molecule has 2 N–H and O–H groups in total. The minimum absolute atomic E-state index is 0.187. The molecule has 0 fully saturated rings. The summed E-state index contributed by atoms with van der Waals surface area (Å²) in [7, 11) is 0. The van der Waals surface area contributed by atoms with Crippen LogP contribution in [0.2, 0.25) is 0 Å². The maximum atomic E-state index is 11.6. The molecule has 5 heteroatoms. The van der Waals surface area contributed by atoms with E-state index in [-0.39, 0.29) is 6.03 Å². The highest BCUT2D eigenvalue weighted by atomic mass is 79.9. The van der Waals surface area contributed by atoms with E-state index in [1.165, 1.54) is 0 Å². The summed E-state index contributed by atoms with van der Waals surface area (Å²) in [5.41, 5.74) is 2.06. The number of benzene rings is 1. The Morgan fingerprint density at radius 1 is 1.05 bits per heavy atom. The molecule has 0 unspecified atom stereocenters. The molecule has 0 saturated carbocycles. The molecule has 0 aliphatic heterocycles. The average Bonchev–Trinajstić information content (AvgIpc) is 2.45. The van der Waals surface area contributed by atoms with E-state index in [1.807, 2.05) is 36.4 Å². The van der Waals surface area contributed by atoms with Crippen LogP contribution in [0.15, 0.2) is 53.3 Å². The van der Waals surface area contributed by atoms with Gasteiger partial charge in [-0.2, -0.15) is 0 Å². The van der Waals surface area contributed by atoms with Crippen LogP contribution in [0.5, 0.6) is 0 Å². The van der Waals surface area contributed by atoms with Crippen molar-refractivity contribution in [1.29, 1.82) is 0 Å². The first kappa shape index (κ1) is 13.5. The van der Waals surface area contributed by atoms with E-state index in [0.717, 1.165) is 15.6 Å². The Balaban J connectivity index is 1.78. The third kappa shape index (κ3) is 4.37. The Hall–Kier alpha value is -1.88. The van der Waals surface area contributed by atoms with Gasteiger partial charge in [0.15, 0.2) is 0 Å². The summed E-state index contributed by atoms with van der Waals surface area (Å²) in [5, 5.41) is 5.61. The maximum Gasteiger partial charge on any atom is 0.315 e. The molecule has 4 nitrogen and oxygen atoms in total. The minimum atomic E-state index is -0.187. The lowest BCUT2D eigenvalue weighted by Crippen LogP contribution is -2.34. The van der Waals surface area contributed by atoms with Crippen LogP contribution in [0.25, 0.3) is 0 Å². The molecule has 1 aromatic carbocycles. The van der Waals surface area contributed by atoms with Crippen molar-refractivity contribution in [3.05, 3.63) is 64.4 Å². The lowest BCUT2D eigenvalue weighted by Gasteiger charge is -2.08. The Labute approximate surface area is 120 Å². The highest BCUT2D eigenvalue weighted by Gasteiger charge is 2.02. The Bertz CT molecular complexity index is 545. The van der Waals surface area contributed by atoms with Gasteiger partial charge in [0.05, 0.1) is 0 Å². The van der Waals surface area contributed by atoms with Gasteiger partial charge in [-0.1, -0.05) is 34.1 Å². The minimum Gasteiger partial charge on any atom is -0.334 e. The first-order valence-electron chi connectivity index (χ1n) is 5.90. The topological polar surface area (TPSA) is 54.0 Å². The molecule has 0 atom stereocenters. The number of carbonyl (C=O) groups is 1. The van der Waals surface area contributed by atoms with Crippen LogP contribution in [0.3, 0.4) is 0 Å². The van der Waals surface area contributed by atoms with Crippen molar-refractivity contribution < 1.29 is 4.79 Å². The van der Waals surface area contributed by atoms with Gasteiger partial charge in [0.2, 0.25) is 0 Å². The van der Waals surface area contributed by atoms with Crippen molar-refractivity contribution in [2.24, 2.45) is 0 Å². The van der Waals surface area contributed by atoms with Crippen molar-refractivity contribution in [3.8, 4) is 0 Å². The molecule has 2 aromatic rings. The number of halogens is 1. The Morgan fingerprint density at radius 3 is 2.47 bits per heavy atom. The summed E-state index contributed by atoms with van der Waals surface area (Å²) in [6.45, 7) is 0.980. The van der Waals surface area contributed by atoms with Crippen molar-refractivity contribution >= 4 is 22.0 Å². The molecule has 0 spiro atoms. The van der Waals surface area contributed by atoms with Crippen LogP contribution in [-0.4, -0.2) is 11.0 Å². The first-order valence-corrected chi connectivity index (χ1v) is 6.69. The predicted molar refractivity (Wildman–Crippen MR) is 77.5 cm³/mol. The molecule has 1 aromatic heterocycles. The zero-order valence-corrected chi connectivity index (χ0v) is 11.9. The maximum absolute atomic E-state index is 11.6. The van der Waals surface area contributed by atoms with E-state index in [9.17, 15) is 4.79 Å². The molecule has 2 rings (SSSR count). The Morgan fingerprint density at radius 2 is 1.74 bits per heavy atom. The smallest absolute Gasteiger partial charge is 0.315 e. The zero-order chi connectivity index (χ0) is 13.5. The van der Waals surface area contributed by atoms with Gasteiger partial charge in [-0.05, 0) is 29.3 Å². The van der Waals surface area contributed by atoms with Gasteiger partial charge in [-0.25, -0.2) is 4.79 Å². The third-order valence-corrected chi connectivity index (χ3v) is 3.37. The van der Waals surface area contributed by atoms with Crippen LogP contribution in [-0.2, 0) is 13.1 Å². The number of hydrogen-bond acceptors (Lipinski definition) is 2. The summed E-state index contributed by atoms with van der Waals surface area (Å²) >= 11 is 3.44. The lowest BCUT2D eigenvalue weighted by molar-refractivity contribution is 0.240. The summed E-state index contributed by atoms with van der Waals surface area (Å²) in [4.78, 5) is 15.6. The van der Waals surface area contributed by atoms with Crippen molar-refractivity contribution in [2.75, 3.05) is 0 Å². The highest BCUT2D eigenvalue weighted by molar-refractivity contribution is 9.10. The number of rotatable bonds is 4.